The van der Waals surface area contributed by atoms with Crippen molar-refractivity contribution >= 4 is 5.90 Å². The minimum Gasteiger partial charge on any atom is -0.477 e. The molecule has 0 N–H and O–H groups in total. The molecule has 0 amide bonds. The number of ether oxygens (including phenoxy) is 2. The van der Waals surface area contributed by atoms with Crippen molar-refractivity contribution in [2.75, 3.05) is 6.61 Å². The van der Waals surface area contributed by atoms with Crippen LogP contribution in [0.3, 0.4) is 0 Å². The van der Waals surface area contributed by atoms with Gasteiger partial charge in [-0.15, -0.1) is 0 Å². The Bertz CT molecular complexity index is 427. The van der Waals surface area contributed by atoms with Crippen molar-refractivity contribution in [1.29, 1.82) is 0 Å². The van der Waals surface area contributed by atoms with E-state index in [1.54, 1.807) is 0 Å². The summed E-state index contributed by atoms with van der Waals surface area (Å²) in [5.41, 5.74) is 1.21. The third kappa shape index (κ3) is 2.07. The zero-order chi connectivity index (χ0) is 11.8. The van der Waals surface area contributed by atoms with Crippen LogP contribution in [-0.2, 0) is 9.47 Å². The van der Waals surface area contributed by atoms with Gasteiger partial charge in [-0.3, -0.25) is 0 Å². The molecule has 1 aromatic carbocycles. The summed E-state index contributed by atoms with van der Waals surface area (Å²) in [4.78, 5) is 4.59. The van der Waals surface area contributed by atoms with Gasteiger partial charge >= 0.3 is 0 Å². The molecule has 0 aliphatic carbocycles. The number of hydrogen-bond acceptors (Lipinski definition) is 3. The molecule has 0 spiro atoms. The van der Waals surface area contributed by atoms with Crippen LogP contribution in [0.15, 0.2) is 35.3 Å². The quantitative estimate of drug-likeness (QED) is 0.749. The van der Waals surface area contributed by atoms with Crippen molar-refractivity contribution in [1.82, 2.24) is 0 Å². The zero-order valence-corrected chi connectivity index (χ0v) is 10.2. The lowest BCUT2D eigenvalue weighted by molar-refractivity contribution is 0.277. The molecule has 0 aromatic heterocycles. The molecule has 1 fully saturated rings. The topological polar surface area (TPSA) is 34.1 Å². The summed E-state index contributed by atoms with van der Waals surface area (Å²) in [6.07, 6.45) is 0.182. The van der Waals surface area contributed by atoms with Crippen LogP contribution < -0.4 is 0 Å². The Morgan fingerprint density at radius 1 is 1.18 bits per heavy atom. The maximum Gasteiger partial charge on any atom is 0.217 e. The molecule has 17 heavy (non-hydrogen) atoms. The lowest BCUT2D eigenvalue weighted by Gasteiger charge is -2.06. The maximum absolute atomic E-state index is 5.66. The van der Waals surface area contributed by atoms with Gasteiger partial charge in [0.2, 0.25) is 5.90 Å². The normalized spacial score (nSPS) is 31.2. The fraction of sp³-hybridized carbons (Fsp3) is 0.500. The Balaban J connectivity index is 1.68. The standard InChI is InChI=1S/C14H17NO2/c1-9(2)11-8-16-14(15-11)13-12(17-13)10-6-4-3-5-7-10/h3-7,9,11-13H,8H2,1-2H3/t11-,12+,13+/m1/s1. The number of benzene rings is 1. The van der Waals surface area contributed by atoms with Crippen LogP contribution in [0, 0.1) is 5.92 Å². The summed E-state index contributed by atoms with van der Waals surface area (Å²) >= 11 is 0. The second-order valence-electron chi connectivity index (χ2n) is 4.98. The predicted molar refractivity (Wildman–Crippen MR) is 66.1 cm³/mol. The van der Waals surface area contributed by atoms with Gasteiger partial charge in [-0.1, -0.05) is 44.2 Å². The Kier molecular flexibility index (Phi) is 2.63. The lowest BCUT2D eigenvalue weighted by Crippen LogP contribution is -2.13. The Morgan fingerprint density at radius 2 is 1.94 bits per heavy atom. The van der Waals surface area contributed by atoms with Crippen molar-refractivity contribution < 1.29 is 9.47 Å². The molecular weight excluding hydrogens is 214 g/mol. The van der Waals surface area contributed by atoms with Gasteiger partial charge in [-0.05, 0) is 11.5 Å². The van der Waals surface area contributed by atoms with Crippen LogP contribution in [0.1, 0.15) is 25.5 Å². The van der Waals surface area contributed by atoms with Crippen LogP contribution in [0.5, 0.6) is 0 Å². The summed E-state index contributed by atoms with van der Waals surface area (Å²) < 4.78 is 11.3. The molecule has 3 heteroatoms. The Morgan fingerprint density at radius 3 is 2.59 bits per heavy atom. The first-order valence-corrected chi connectivity index (χ1v) is 6.16. The monoisotopic (exact) mass is 231 g/mol. The van der Waals surface area contributed by atoms with Gasteiger partial charge in [0.25, 0.3) is 0 Å². The fourth-order valence-electron chi connectivity index (χ4n) is 2.10. The maximum atomic E-state index is 5.66. The second-order valence-corrected chi connectivity index (χ2v) is 4.98. The Hall–Kier alpha value is -1.35. The predicted octanol–water partition coefficient (Wildman–Crippen LogP) is 2.58. The van der Waals surface area contributed by atoms with Crippen LogP contribution in [0.4, 0.5) is 0 Å². The third-order valence-electron chi connectivity index (χ3n) is 3.33. The Labute approximate surface area is 101 Å². The average Bonchev–Trinajstić information content (AvgIpc) is 2.99. The highest BCUT2D eigenvalue weighted by Gasteiger charge is 2.47. The molecule has 0 bridgehead atoms. The molecule has 1 aromatic rings. The van der Waals surface area contributed by atoms with Gasteiger partial charge < -0.3 is 9.47 Å². The molecule has 0 saturated carbocycles. The molecule has 0 radical (unpaired) electrons. The highest BCUT2D eigenvalue weighted by atomic mass is 16.6. The summed E-state index contributed by atoms with van der Waals surface area (Å²) in [6.45, 7) is 5.04. The van der Waals surface area contributed by atoms with E-state index < -0.39 is 0 Å². The minimum absolute atomic E-state index is 0.0427. The zero-order valence-electron chi connectivity index (χ0n) is 10.2. The highest BCUT2D eigenvalue weighted by molar-refractivity contribution is 5.85. The molecule has 0 unspecified atom stereocenters. The number of epoxide rings is 1. The molecule has 3 rings (SSSR count). The fourth-order valence-corrected chi connectivity index (χ4v) is 2.10. The summed E-state index contributed by atoms with van der Waals surface area (Å²) in [6, 6.07) is 10.5. The van der Waals surface area contributed by atoms with E-state index in [2.05, 4.69) is 31.0 Å². The molecule has 2 heterocycles. The van der Waals surface area contributed by atoms with Crippen LogP contribution >= 0.6 is 0 Å². The van der Waals surface area contributed by atoms with Gasteiger partial charge in [0, 0.05) is 0 Å². The van der Waals surface area contributed by atoms with Crippen molar-refractivity contribution in [2.24, 2.45) is 10.9 Å². The first-order chi connectivity index (χ1) is 8.25. The van der Waals surface area contributed by atoms with Crippen LogP contribution in [0.25, 0.3) is 0 Å². The first-order valence-electron chi connectivity index (χ1n) is 6.16. The SMILES string of the molecule is CC(C)[C@H]1COC([C@H]2O[C@H]2c2ccccc2)=N1. The van der Waals surface area contributed by atoms with Gasteiger partial charge in [0.15, 0.2) is 6.10 Å². The van der Waals surface area contributed by atoms with Crippen molar-refractivity contribution in [3.63, 3.8) is 0 Å². The molecule has 3 atom stereocenters. The van der Waals surface area contributed by atoms with E-state index >= 15 is 0 Å². The van der Waals surface area contributed by atoms with E-state index in [1.807, 2.05) is 18.2 Å². The molecular formula is C14H17NO2. The number of hydrogen-bond donors (Lipinski definition) is 0. The van der Waals surface area contributed by atoms with Gasteiger partial charge in [0.1, 0.15) is 12.7 Å². The summed E-state index contributed by atoms with van der Waals surface area (Å²) in [7, 11) is 0. The average molecular weight is 231 g/mol. The van der Waals surface area contributed by atoms with Crippen LogP contribution in [0.2, 0.25) is 0 Å². The molecule has 90 valence electrons. The number of rotatable bonds is 3. The molecule has 2 aliphatic rings. The van der Waals surface area contributed by atoms with E-state index in [0.29, 0.717) is 18.6 Å². The van der Waals surface area contributed by atoms with Gasteiger partial charge in [0.05, 0.1) is 6.04 Å². The van der Waals surface area contributed by atoms with Crippen LogP contribution in [-0.4, -0.2) is 24.7 Å². The summed E-state index contributed by atoms with van der Waals surface area (Å²) in [5, 5.41) is 0. The molecule has 1 saturated heterocycles. The van der Waals surface area contributed by atoms with E-state index in [4.69, 9.17) is 9.47 Å². The van der Waals surface area contributed by atoms with Crippen molar-refractivity contribution in [3.8, 4) is 0 Å². The van der Waals surface area contributed by atoms with Crippen molar-refractivity contribution in [2.45, 2.75) is 32.1 Å². The largest absolute Gasteiger partial charge is 0.477 e. The van der Waals surface area contributed by atoms with Gasteiger partial charge in [-0.25, -0.2) is 4.99 Å². The highest BCUT2D eigenvalue weighted by Crippen LogP contribution is 2.40. The summed E-state index contributed by atoms with van der Waals surface area (Å²) in [5.74, 6) is 1.32. The third-order valence-corrected chi connectivity index (χ3v) is 3.33. The first kappa shape index (κ1) is 10.8. The van der Waals surface area contributed by atoms with E-state index in [0.717, 1.165) is 5.90 Å². The smallest absolute Gasteiger partial charge is 0.217 e. The minimum atomic E-state index is 0.0427. The van der Waals surface area contributed by atoms with Crippen molar-refractivity contribution in [3.05, 3.63) is 35.9 Å². The number of aliphatic imine (C=N–C) groups is 1. The lowest BCUT2D eigenvalue weighted by atomic mass is 10.1. The molecule has 2 aliphatic heterocycles. The van der Waals surface area contributed by atoms with Gasteiger partial charge in [-0.2, -0.15) is 0 Å². The van der Waals surface area contributed by atoms with E-state index in [-0.39, 0.29) is 12.2 Å². The molecule has 3 nitrogen and oxygen atoms in total. The van der Waals surface area contributed by atoms with E-state index in [1.165, 1.54) is 5.56 Å². The second kappa shape index (κ2) is 4.15. The van der Waals surface area contributed by atoms with E-state index in [9.17, 15) is 0 Å². The number of nitrogens with zero attached hydrogens (tertiary/aromatic N) is 1.